The zero-order valence-corrected chi connectivity index (χ0v) is 19.4. The second-order valence-corrected chi connectivity index (χ2v) is 9.12. The lowest BCUT2D eigenvalue weighted by molar-refractivity contribution is 0.317. The highest BCUT2D eigenvalue weighted by Gasteiger charge is 2.22. The van der Waals surface area contributed by atoms with Gasteiger partial charge in [-0.25, -0.2) is 0 Å². The molecular weight excluding hydrogens is 418 g/mol. The smallest absolute Gasteiger partial charge is 0.0878 e. The lowest BCUT2D eigenvalue weighted by atomic mass is 9.82. The molecule has 1 fully saturated rings. The van der Waals surface area contributed by atoms with Crippen LogP contribution < -0.4 is 5.32 Å². The van der Waals surface area contributed by atoms with Crippen LogP contribution in [0.1, 0.15) is 64.6 Å². The first-order chi connectivity index (χ1) is 15.5. The number of halogens is 1. The summed E-state index contributed by atoms with van der Waals surface area (Å²) >= 11 is 6.24. The van der Waals surface area contributed by atoms with Crippen molar-refractivity contribution in [2.45, 2.75) is 44.9 Å². The molecule has 32 heavy (non-hydrogen) atoms. The van der Waals surface area contributed by atoms with E-state index in [9.17, 15) is 5.21 Å². The maximum absolute atomic E-state index is 9.88. The highest BCUT2D eigenvalue weighted by molar-refractivity contribution is 6.30. The topological polar surface area (TPSA) is 57.5 Å². The molecule has 0 bridgehead atoms. The fourth-order valence-electron chi connectivity index (χ4n) is 4.73. The van der Waals surface area contributed by atoms with Gasteiger partial charge in [0, 0.05) is 34.8 Å². The standard InChI is InChI=1S/C27H30ClN3O/c1-18-15-24(28)7-8-25(18)26(17-27(31-32)23-11-14-30-19(2)16-23)22-5-3-20(4-6-22)21-9-12-29-13-10-21/h3-8,11,14-16,21,26,29,32H,9-10,12-13,17H2,1-2H3. The average Bonchev–Trinajstić information content (AvgIpc) is 2.81. The van der Waals surface area contributed by atoms with Gasteiger partial charge in [0.05, 0.1) is 5.71 Å². The van der Waals surface area contributed by atoms with Crippen LogP contribution in [-0.4, -0.2) is 29.0 Å². The zero-order chi connectivity index (χ0) is 22.5. The molecule has 1 atom stereocenters. The average molecular weight is 448 g/mol. The van der Waals surface area contributed by atoms with Crippen LogP contribution in [0.2, 0.25) is 5.02 Å². The minimum atomic E-state index is 0.0497. The zero-order valence-electron chi connectivity index (χ0n) is 18.7. The summed E-state index contributed by atoms with van der Waals surface area (Å²) in [6.07, 6.45) is 4.70. The summed E-state index contributed by atoms with van der Waals surface area (Å²) in [6.45, 7) is 6.20. The molecule has 1 aliphatic rings. The molecule has 4 rings (SSSR count). The number of pyridine rings is 1. The van der Waals surface area contributed by atoms with Gasteiger partial charge < -0.3 is 10.5 Å². The summed E-state index contributed by atoms with van der Waals surface area (Å²) in [5, 5.41) is 17.7. The van der Waals surface area contributed by atoms with Crippen LogP contribution in [0.15, 0.2) is 65.9 Å². The highest BCUT2D eigenvalue weighted by atomic mass is 35.5. The van der Waals surface area contributed by atoms with Crippen LogP contribution in [0.3, 0.4) is 0 Å². The van der Waals surface area contributed by atoms with E-state index >= 15 is 0 Å². The van der Waals surface area contributed by atoms with Gasteiger partial charge in [-0.1, -0.05) is 47.1 Å². The monoisotopic (exact) mass is 447 g/mol. The molecule has 4 nitrogen and oxygen atoms in total. The van der Waals surface area contributed by atoms with Crippen molar-refractivity contribution in [1.29, 1.82) is 0 Å². The van der Waals surface area contributed by atoms with Gasteiger partial charge in [-0.2, -0.15) is 0 Å². The number of aryl methyl sites for hydroxylation is 2. The van der Waals surface area contributed by atoms with Gasteiger partial charge in [0.1, 0.15) is 0 Å². The summed E-state index contributed by atoms with van der Waals surface area (Å²) < 4.78 is 0. The number of benzene rings is 2. The molecule has 0 saturated carbocycles. The van der Waals surface area contributed by atoms with Crippen molar-refractivity contribution in [3.8, 4) is 0 Å². The van der Waals surface area contributed by atoms with Crippen molar-refractivity contribution in [3.05, 3.63) is 99.3 Å². The Labute approximate surface area is 195 Å². The molecule has 2 N–H and O–H groups in total. The Balaban J connectivity index is 1.69. The minimum absolute atomic E-state index is 0.0497. The van der Waals surface area contributed by atoms with E-state index in [2.05, 4.69) is 52.7 Å². The molecule has 166 valence electrons. The van der Waals surface area contributed by atoms with Gasteiger partial charge in [-0.15, -0.1) is 0 Å². The van der Waals surface area contributed by atoms with Gasteiger partial charge in [0.15, 0.2) is 0 Å². The van der Waals surface area contributed by atoms with Crippen molar-refractivity contribution >= 4 is 17.3 Å². The number of rotatable bonds is 6. The second-order valence-electron chi connectivity index (χ2n) is 8.68. The van der Waals surface area contributed by atoms with Gasteiger partial charge in [-0.05, 0) is 92.2 Å². The summed E-state index contributed by atoms with van der Waals surface area (Å²) in [5.74, 6) is 0.670. The number of nitrogens with one attached hydrogen (secondary N) is 1. The third-order valence-electron chi connectivity index (χ3n) is 6.50. The summed E-state index contributed by atoms with van der Waals surface area (Å²) in [5.41, 5.74) is 7.38. The molecule has 0 amide bonds. The predicted molar refractivity (Wildman–Crippen MR) is 131 cm³/mol. The van der Waals surface area contributed by atoms with Gasteiger partial charge >= 0.3 is 0 Å². The van der Waals surface area contributed by atoms with Crippen LogP contribution >= 0.6 is 11.6 Å². The Kier molecular flexibility index (Phi) is 7.23. The number of hydrogen-bond acceptors (Lipinski definition) is 4. The molecule has 5 heteroatoms. The lowest BCUT2D eigenvalue weighted by Crippen LogP contribution is -2.26. The first kappa shape index (κ1) is 22.5. The number of nitrogens with zero attached hydrogens (tertiary/aromatic N) is 2. The second kappa shape index (κ2) is 10.3. The van der Waals surface area contributed by atoms with Crippen LogP contribution in [-0.2, 0) is 0 Å². The molecule has 3 aromatic rings. The number of aromatic nitrogens is 1. The third kappa shape index (κ3) is 5.20. The summed E-state index contributed by atoms with van der Waals surface area (Å²) in [7, 11) is 0. The quantitative estimate of drug-likeness (QED) is 0.268. The Morgan fingerprint density at radius 1 is 1.09 bits per heavy atom. The molecule has 2 aromatic carbocycles. The Hall–Kier alpha value is -2.69. The number of piperidine rings is 1. The molecule has 2 heterocycles. The van der Waals surface area contributed by atoms with E-state index in [-0.39, 0.29) is 5.92 Å². The summed E-state index contributed by atoms with van der Waals surface area (Å²) in [4.78, 5) is 4.27. The molecule has 0 aliphatic carbocycles. The third-order valence-corrected chi connectivity index (χ3v) is 6.74. The van der Waals surface area contributed by atoms with Crippen LogP contribution in [0, 0.1) is 13.8 Å². The van der Waals surface area contributed by atoms with E-state index in [1.807, 2.05) is 31.2 Å². The molecular formula is C27H30ClN3O. The van der Waals surface area contributed by atoms with Crippen LogP contribution in [0.25, 0.3) is 0 Å². The Morgan fingerprint density at radius 2 is 1.84 bits per heavy atom. The minimum Gasteiger partial charge on any atom is -0.411 e. The number of oxime groups is 1. The Bertz CT molecular complexity index is 1090. The molecule has 1 unspecified atom stereocenters. The van der Waals surface area contributed by atoms with E-state index in [1.54, 1.807) is 6.20 Å². The van der Waals surface area contributed by atoms with Crippen molar-refractivity contribution in [1.82, 2.24) is 10.3 Å². The van der Waals surface area contributed by atoms with E-state index in [1.165, 1.54) is 29.5 Å². The largest absolute Gasteiger partial charge is 0.411 e. The van der Waals surface area contributed by atoms with Crippen molar-refractivity contribution < 1.29 is 5.21 Å². The highest BCUT2D eigenvalue weighted by Crippen LogP contribution is 2.34. The van der Waals surface area contributed by atoms with Gasteiger partial charge in [0.25, 0.3) is 0 Å². The van der Waals surface area contributed by atoms with E-state index in [0.29, 0.717) is 18.1 Å². The Morgan fingerprint density at radius 3 is 2.50 bits per heavy atom. The summed E-state index contributed by atoms with van der Waals surface area (Å²) in [6, 6.07) is 18.9. The van der Waals surface area contributed by atoms with Gasteiger partial charge in [0.2, 0.25) is 0 Å². The normalized spacial score (nSPS) is 16.2. The van der Waals surface area contributed by atoms with E-state index < -0.39 is 0 Å². The van der Waals surface area contributed by atoms with Crippen molar-refractivity contribution in [2.75, 3.05) is 13.1 Å². The number of hydrogen-bond donors (Lipinski definition) is 2. The molecule has 1 aromatic heterocycles. The molecule has 0 spiro atoms. The van der Waals surface area contributed by atoms with Crippen LogP contribution in [0.4, 0.5) is 0 Å². The SMILES string of the molecule is Cc1cc(C(CC(c2ccc(C3CCNCC3)cc2)c2ccc(Cl)cc2C)=NO)ccn1. The van der Waals surface area contributed by atoms with Crippen molar-refractivity contribution in [2.24, 2.45) is 5.16 Å². The maximum Gasteiger partial charge on any atom is 0.0878 e. The van der Waals surface area contributed by atoms with Crippen LogP contribution in [0.5, 0.6) is 0 Å². The predicted octanol–water partition coefficient (Wildman–Crippen LogP) is 6.22. The first-order valence-electron chi connectivity index (χ1n) is 11.3. The molecule has 1 aliphatic heterocycles. The molecule has 0 radical (unpaired) electrons. The fourth-order valence-corrected chi connectivity index (χ4v) is 4.95. The maximum atomic E-state index is 9.88. The first-order valence-corrected chi connectivity index (χ1v) is 11.6. The van der Waals surface area contributed by atoms with Gasteiger partial charge in [-0.3, -0.25) is 4.98 Å². The fraction of sp³-hybridized carbons (Fsp3) is 0.333. The lowest BCUT2D eigenvalue weighted by Gasteiger charge is -2.25. The molecule has 1 saturated heterocycles. The van der Waals surface area contributed by atoms with E-state index in [0.717, 1.165) is 34.9 Å². The van der Waals surface area contributed by atoms with E-state index in [4.69, 9.17) is 11.6 Å². The van der Waals surface area contributed by atoms with Crippen molar-refractivity contribution in [3.63, 3.8) is 0 Å².